The minimum atomic E-state index is -1.11. The molecule has 0 saturated heterocycles. The van der Waals surface area contributed by atoms with Crippen molar-refractivity contribution >= 4 is 29.7 Å². The lowest BCUT2D eigenvalue weighted by Gasteiger charge is -2.64. The molecule has 4 rings (SSSR count). The smallest absolute Gasteiger partial charge is 0.310 e. The third-order valence-corrected chi connectivity index (χ3v) is 11.6. The highest BCUT2D eigenvalue weighted by Crippen LogP contribution is 2.69. The Balaban J connectivity index is 1.66. The average Bonchev–Trinajstić information content (AvgIpc) is 3.20. The number of fused-ring (bicyclic) bond motifs is 5. The first-order valence-corrected chi connectivity index (χ1v) is 15.4. The minimum absolute atomic E-state index is 0.0648. The molecule has 0 amide bonds. The summed E-state index contributed by atoms with van der Waals surface area (Å²) in [6, 6.07) is 0. The van der Waals surface area contributed by atoms with Crippen molar-refractivity contribution in [3.05, 3.63) is 0 Å². The standard InChI is InChI=1S/C32H48O9/c1-17(7-8-22(36)15-29(37)38)24-9-10-25-30-26(16-28(32(24,25)6)41-20(4)35)31(5)12-11-23(39-18(2)33)13-21(31)14-27(30)40-19(3)34/h17,21,23-28,30H,7-16H2,1-6H3,(H,37,38)/t17-,21+,23-,24-,25+,26+,27-,28+,30+,31+,32-/m1/s1. The highest BCUT2D eigenvalue weighted by molar-refractivity contribution is 5.94. The van der Waals surface area contributed by atoms with E-state index in [0.717, 1.165) is 38.5 Å². The number of aliphatic carboxylic acids is 1. The van der Waals surface area contributed by atoms with Crippen molar-refractivity contribution in [1.29, 1.82) is 0 Å². The number of hydrogen-bond acceptors (Lipinski definition) is 8. The molecule has 4 fully saturated rings. The van der Waals surface area contributed by atoms with Crippen molar-refractivity contribution < 1.29 is 43.3 Å². The topological polar surface area (TPSA) is 133 Å². The highest BCUT2D eigenvalue weighted by atomic mass is 16.6. The number of Topliss-reactive ketones (excluding diaryl/α,β-unsaturated/α-hetero) is 1. The quantitative estimate of drug-likeness (QED) is 0.225. The number of carboxylic acids is 1. The van der Waals surface area contributed by atoms with Crippen LogP contribution in [-0.4, -0.2) is 53.1 Å². The molecule has 0 radical (unpaired) electrons. The monoisotopic (exact) mass is 576 g/mol. The van der Waals surface area contributed by atoms with Crippen molar-refractivity contribution in [1.82, 2.24) is 0 Å². The molecule has 4 saturated carbocycles. The number of hydrogen-bond donors (Lipinski definition) is 1. The molecule has 0 unspecified atom stereocenters. The number of carboxylic acid groups (broad SMARTS) is 1. The van der Waals surface area contributed by atoms with Gasteiger partial charge >= 0.3 is 23.9 Å². The van der Waals surface area contributed by atoms with Crippen molar-refractivity contribution in [2.75, 3.05) is 0 Å². The molecule has 0 aromatic heterocycles. The first kappa shape index (κ1) is 31.5. The van der Waals surface area contributed by atoms with Gasteiger partial charge in [0.15, 0.2) is 0 Å². The van der Waals surface area contributed by atoms with Gasteiger partial charge in [0.25, 0.3) is 0 Å². The fourth-order valence-electron chi connectivity index (χ4n) is 9.96. The van der Waals surface area contributed by atoms with E-state index in [1.807, 2.05) is 0 Å². The molecule has 9 nitrogen and oxygen atoms in total. The molecule has 41 heavy (non-hydrogen) atoms. The number of rotatable bonds is 9. The summed E-state index contributed by atoms with van der Waals surface area (Å²) < 4.78 is 17.9. The summed E-state index contributed by atoms with van der Waals surface area (Å²) in [6.45, 7) is 11.0. The normalized spacial score (nSPS) is 40.2. The van der Waals surface area contributed by atoms with Crippen LogP contribution in [0, 0.1) is 46.3 Å². The van der Waals surface area contributed by atoms with E-state index in [0.29, 0.717) is 12.8 Å². The maximum absolute atomic E-state index is 12.5. The Morgan fingerprint density at radius 2 is 1.51 bits per heavy atom. The summed E-state index contributed by atoms with van der Waals surface area (Å²) in [5.41, 5.74) is -0.427. The van der Waals surface area contributed by atoms with Gasteiger partial charge in [0.2, 0.25) is 0 Å². The molecular weight excluding hydrogens is 528 g/mol. The molecule has 0 heterocycles. The first-order chi connectivity index (χ1) is 19.2. The number of esters is 3. The maximum Gasteiger partial charge on any atom is 0.310 e. The Morgan fingerprint density at radius 3 is 2.12 bits per heavy atom. The van der Waals surface area contributed by atoms with Gasteiger partial charge in [0.1, 0.15) is 30.5 Å². The fraction of sp³-hybridized carbons (Fsp3) is 0.844. The van der Waals surface area contributed by atoms with E-state index in [-0.39, 0.29) is 94.8 Å². The molecule has 11 atom stereocenters. The minimum Gasteiger partial charge on any atom is -0.481 e. The Kier molecular flexibility index (Phi) is 9.25. The third kappa shape index (κ3) is 6.19. The van der Waals surface area contributed by atoms with Crippen LogP contribution in [0.1, 0.15) is 106 Å². The summed E-state index contributed by atoms with van der Waals surface area (Å²) >= 11 is 0. The van der Waals surface area contributed by atoms with Gasteiger partial charge in [-0.15, -0.1) is 0 Å². The number of carbonyl (C=O) groups is 5. The van der Waals surface area contributed by atoms with Crippen molar-refractivity contribution in [3.63, 3.8) is 0 Å². The summed E-state index contributed by atoms with van der Waals surface area (Å²) in [4.78, 5) is 59.8. The second-order valence-corrected chi connectivity index (χ2v) is 13.9. The van der Waals surface area contributed by atoms with Crippen molar-refractivity contribution in [3.8, 4) is 0 Å². The SMILES string of the molecule is CC(=O)O[C@@H]1CC[C@@]2(C)[C@@H](C1)C[C@@H](OC(C)=O)[C@@H]1[C@@H]2C[C@H](OC(C)=O)[C@]2(C)[C@@H]([C@H](C)CCC(=O)CC(=O)O)CC[C@@H]12. The van der Waals surface area contributed by atoms with Crippen LogP contribution in [0.3, 0.4) is 0 Å². The Bertz CT molecular complexity index is 1050. The van der Waals surface area contributed by atoms with Gasteiger partial charge in [-0.3, -0.25) is 24.0 Å². The van der Waals surface area contributed by atoms with E-state index in [2.05, 4.69) is 20.8 Å². The molecule has 0 spiro atoms. The summed E-state index contributed by atoms with van der Waals surface area (Å²) in [7, 11) is 0. The van der Waals surface area contributed by atoms with Crippen LogP contribution in [0.4, 0.5) is 0 Å². The average molecular weight is 577 g/mol. The van der Waals surface area contributed by atoms with E-state index in [9.17, 15) is 24.0 Å². The second-order valence-electron chi connectivity index (χ2n) is 13.9. The zero-order chi connectivity index (χ0) is 30.3. The number of ketones is 1. The van der Waals surface area contributed by atoms with E-state index in [1.54, 1.807) is 0 Å². The van der Waals surface area contributed by atoms with Gasteiger partial charge in [0, 0.05) is 38.5 Å². The molecule has 4 aliphatic rings. The molecule has 0 bridgehead atoms. The first-order valence-electron chi connectivity index (χ1n) is 15.4. The lowest BCUT2D eigenvalue weighted by molar-refractivity contribution is -0.224. The van der Waals surface area contributed by atoms with E-state index in [4.69, 9.17) is 19.3 Å². The van der Waals surface area contributed by atoms with Gasteiger partial charge < -0.3 is 19.3 Å². The fourth-order valence-corrected chi connectivity index (χ4v) is 9.96. The van der Waals surface area contributed by atoms with E-state index in [1.165, 1.54) is 20.8 Å². The number of ether oxygens (including phenoxy) is 3. The molecule has 0 aromatic carbocycles. The predicted molar refractivity (Wildman–Crippen MR) is 148 cm³/mol. The van der Waals surface area contributed by atoms with Crippen LogP contribution in [0.15, 0.2) is 0 Å². The predicted octanol–water partition coefficient (Wildman–Crippen LogP) is 5.12. The molecule has 9 heteroatoms. The van der Waals surface area contributed by atoms with Crippen LogP contribution in [0.25, 0.3) is 0 Å². The van der Waals surface area contributed by atoms with Crippen molar-refractivity contribution in [2.24, 2.45) is 46.3 Å². The molecule has 230 valence electrons. The van der Waals surface area contributed by atoms with Gasteiger partial charge in [-0.25, -0.2) is 0 Å². The molecule has 0 aromatic rings. The van der Waals surface area contributed by atoms with Gasteiger partial charge in [-0.2, -0.15) is 0 Å². The Hall–Kier alpha value is -2.45. The molecular formula is C32H48O9. The number of carbonyl (C=O) groups excluding carboxylic acids is 4. The van der Waals surface area contributed by atoms with Crippen LogP contribution >= 0.6 is 0 Å². The highest BCUT2D eigenvalue weighted by Gasteiger charge is 2.67. The third-order valence-electron chi connectivity index (χ3n) is 11.6. The summed E-state index contributed by atoms with van der Waals surface area (Å²) in [5, 5.41) is 9.00. The largest absolute Gasteiger partial charge is 0.481 e. The van der Waals surface area contributed by atoms with Crippen LogP contribution in [-0.2, 0) is 38.2 Å². The summed E-state index contributed by atoms with van der Waals surface area (Å²) in [6.07, 6.45) is 5.30. The maximum atomic E-state index is 12.5. The van der Waals surface area contributed by atoms with Crippen LogP contribution < -0.4 is 0 Å². The van der Waals surface area contributed by atoms with E-state index < -0.39 is 12.4 Å². The molecule has 4 aliphatic carbocycles. The zero-order valence-electron chi connectivity index (χ0n) is 25.5. The zero-order valence-corrected chi connectivity index (χ0v) is 25.5. The van der Waals surface area contributed by atoms with Crippen molar-refractivity contribution in [2.45, 2.75) is 124 Å². The lowest BCUT2D eigenvalue weighted by atomic mass is 9.43. The summed E-state index contributed by atoms with van der Waals surface area (Å²) in [5.74, 6) is -1.26. The van der Waals surface area contributed by atoms with E-state index >= 15 is 0 Å². The molecule has 1 N–H and O–H groups in total. The van der Waals surface area contributed by atoms with Gasteiger partial charge in [-0.05, 0) is 86.4 Å². The lowest BCUT2D eigenvalue weighted by Crippen LogP contribution is -2.63. The van der Waals surface area contributed by atoms with Crippen LogP contribution in [0.2, 0.25) is 0 Å². The van der Waals surface area contributed by atoms with Gasteiger partial charge in [-0.1, -0.05) is 20.8 Å². The Labute approximate surface area is 243 Å². The Morgan fingerprint density at radius 1 is 0.854 bits per heavy atom. The van der Waals surface area contributed by atoms with Gasteiger partial charge in [0.05, 0.1) is 0 Å². The van der Waals surface area contributed by atoms with Crippen LogP contribution in [0.5, 0.6) is 0 Å². The molecule has 0 aliphatic heterocycles. The second kappa shape index (κ2) is 12.0.